The molecule has 2 aromatic heterocycles. The van der Waals surface area contributed by atoms with Crippen molar-refractivity contribution >= 4 is 34.3 Å². The number of benzene rings is 1. The second-order valence-corrected chi connectivity index (χ2v) is 7.72. The zero-order chi connectivity index (χ0) is 18.0. The molecule has 0 fully saturated rings. The van der Waals surface area contributed by atoms with Gasteiger partial charge < -0.3 is 5.32 Å². The topological polar surface area (TPSA) is 72.7 Å². The molecule has 3 aromatic rings. The van der Waals surface area contributed by atoms with Crippen molar-refractivity contribution in [1.29, 1.82) is 0 Å². The molecule has 0 aliphatic heterocycles. The molecule has 0 radical (unpaired) electrons. The fraction of sp³-hybridized carbons (Fsp3) is 0.222. The molecule has 6 nitrogen and oxygen atoms in total. The van der Waals surface area contributed by atoms with Crippen molar-refractivity contribution in [2.24, 2.45) is 0 Å². The summed E-state index contributed by atoms with van der Waals surface area (Å²) < 4.78 is 2.45. The van der Waals surface area contributed by atoms with Crippen LogP contribution in [0.3, 0.4) is 0 Å². The minimum absolute atomic E-state index is 0.166. The molecule has 0 aliphatic rings. The van der Waals surface area contributed by atoms with E-state index >= 15 is 0 Å². The molecule has 7 heteroatoms. The Bertz CT molecular complexity index is 899. The molecule has 1 amide bonds. The number of aromatic nitrogens is 4. The van der Waals surface area contributed by atoms with Crippen molar-refractivity contribution in [2.75, 3.05) is 5.32 Å². The second kappa shape index (κ2) is 6.91. The van der Waals surface area contributed by atoms with E-state index in [9.17, 15) is 4.79 Å². The maximum absolute atomic E-state index is 12.7. The first-order valence-corrected chi connectivity index (χ1v) is 8.88. The number of nitrogens with one attached hydrogen (secondary N) is 1. The van der Waals surface area contributed by atoms with Crippen LogP contribution in [-0.4, -0.2) is 25.7 Å². The van der Waals surface area contributed by atoms with Crippen LogP contribution in [0.25, 0.3) is 5.95 Å². The van der Waals surface area contributed by atoms with Gasteiger partial charge in [-0.15, -0.1) is 0 Å². The summed E-state index contributed by atoms with van der Waals surface area (Å²) in [6, 6.07) is 11.0. The van der Waals surface area contributed by atoms with E-state index in [0.29, 0.717) is 17.3 Å². The van der Waals surface area contributed by atoms with Crippen molar-refractivity contribution in [2.45, 2.75) is 26.2 Å². The molecule has 0 saturated heterocycles. The summed E-state index contributed by atoms with van der Waals surface area (Å²) >= 11 is 2.15. The maximum atomic E-state index is 12.7. The fourth-order valence-corrected chi connectivity index (χ4v) is 2.85. The highest BCUT2D eigenvalue weighted by Gasteiger charge is 2.22. The number of carbonyl (C=O) groups excluding carboxylic acids is 1. The van der Waals surface area contributed by atoms with Gasteiger partial charge in [0.05, 0.1) is 11.3 Å². The number of nitrogens with zero attached hydrogens (tertiary/aromatic N) is 4. The first-order chi connectivity index (χ1) is 11.9. The van der Waals surface area contributed by atoms with Gasteiger partial charge in [0, 0.05) is 27.4 Å². The van der Waals surface area contributed by atoms with E-state index in [0.717, 1.165) is 9.26 Å². The number of anilines is 1. The van der Waals surface area contributed by atoms with Gasteiger partial charge in [-0.3, -0.25) is 4.79 Å². The lowest BCUT2D eigenvalue weighted by molar-refractivity contribution is 0.102. The van der Waals surface area contributed by atoms with Crippen molar-refractivity contribution < 1.29 is 4.79 Å². The first-order valence-electron chi connectivity index (χ1n) is 7.80. The normalized spacial score (nSPS) is 11.4. The van der Waals surface area contributed by atoms with E-state index in [-0.39, 0.29) is 11.3 Å². The van der Waals surface area contributed by atoms with Crippen LogP contribution in [0.2, 0.25) is 0 Å². The van der Waals surface area contributed by atoms with Crippen LogP contribution in [-0.2, 0) is 5.41 Å². The highest BCUT2D eigenvalue weighted by molar-refractivity contribution is 14.1. The maximum Gasteiger partial charge on any atom is 0.257 e. The zero-order valence-corrected chi connectivity index (χ0v) is 16.4. The van der Waals surface area contributed by atoms with E-state index in [1.807, 2.05) is 24.3 Å². The van der Waals surface area contributed by atoms with Gasteiger partial charge in [0.15, 0.2) is 0 Å². The summed E-state index contributed by atoms with van der Waals surface area (Å²) in [6.07, 6.45) is 3.29. The first kappa shape index (κ1) is 17.5. The molecule has 2 heterocycles. The largest absolute Gasteiger partial charge is 0.306 e. The lowest BCUT2D eigenvalue weighted by atomic mass is 9.92. The lowest BCUT2D eigenvalue weighted by Gasteiger charge is -2.13. The van der Waals surface area contributed by atoms with Crippen molar-refractivity contribution in [3.05, 3.63) is 63.6 Å². The van der Waals surface area contributed by atoms with E-state index in [4.69, 9.17) is 0 Å². The SMILES string of the molecule is CC(C)(C)c1cc(NC(=O)c2ccccc2I)n(-c2ncccn2)n1. The molecule has 1 aromatic carbocycles. The minimum atomic E-state index is -0.192. The van der Waals surface area contributed by atoms with Crippen LogP contribution in [0.4, 0.5) is 5.82 Å². The Morgan fingerprint density at radius 3 is 2.44 bits per heavy atom. The monoisotopic (exact) mass is 447 g/mol. The van der Waals surface area contributed by atoms with E-state index in [2.05, 4.69) is 63.7 Å². The zero-order valence-electron chi connectivity index (χ0n) is 14.2. The van der Waals surface area contributed by atoms with Gasteiger partial charge in [-0.1, -0.05) is 32.9 Å². The predicted octanol–water partition coefficient (Wildman–Crippen LogP) is 3.82. The quantitative estimate of drug-likeness (QED) is 0.620. The molecule has 0 aliphatic carbocycles. The molecule has 0 saturated carbocycles. The van der Waals surface area contributed by atoms with Crippen LogP contribution in [0.15, 0.2) is 48.8 Å². The van der Waals surface area contributed by atoms with Crippen molar-refractivity contribution in [1.82, 2.24) is 19.7 Å². The van der Waals surface area contributed by atoms with Gasteiger partial charge >= 0.3 is 0 Å². The Morgan fingerprint density at radius 2 is 1.80 bits per heavy atom. The second-order valence-electron chi connectivity index (χ2n) is 6.56. The predicted molar refractivity (Wildman–Crippen MR) is 105 cm³/mol. The van der Waals surface area contributed by atoms with Crippen molar-refractivity contribution in [3.8, 4) is 5.95 Å². The Kier molecular flexibility index (Phi) is 4.85. The summed E-state index contributed by atoms with van der Waals surface area (Å²) in [7, 11) is 0. The fourth-order valence-electron chi connectivity index (χ4n) is 2.22. The van der Waals surface area contributed by atoms with Crippen LogP contribution >= 0.6 is 22.6 Å². The van der Waals surface area contributed by atoms with Gasteiger partial charge in [0.1, 0.15) is 5.82 Å². The number of hydrogen-bond acceptors (Lipinski definition) is 4. The standard InChI is InChI=1S/C18H18IN5O/c1-18(2,3)14-11-15(24(23-14)17-20-9-6-10-21-17)22-16(25)12-7-4-5-8-13(12)19/h4-11H,1-3H3,(H,22,25). The molecular formula is C18H18IN5O. The van der Waals surface area contributed by atoms with Crippen LogP contribution < -0.4 is 5.32 Å². The Labute approximate surface area is 159 Å². The smallest absolute Gasteiger partial charge is 0.257 e. The Balaban J connectivity index is 2.01. The number of amides is 1. The van der Waals surface area contributed by atoms with Gasteiger partial charge in [0.2, 0.25) is 0 Å². The summed E-state index contributed by atoms with van der Waals surface area (Å²) in [5, 5.41) is 7.53. The molecule has 0 unspecified atom stereocenters. The van der Waals surface area contributed by atoms with Crippen LogP contribution in [0.1, 0.15) is 36.8 Å². The van der Waals surface area contributed by atoms with Crippen molar-refractivity contribution in [3.63, 3.8) is 0 Å². The van der Waals surface area contributed by atoms with E-state index in [1.54, 1.807) is 29.2 Å². The third kappa shape index (κ3) is 3.87. The Hall–Kier alpha value is -2.29. The number of halogens is 1. The van der Waals surface area contributed by atoms with Gasteiger partial charge in [-0.2, -0.15) is 9.78 Å². The molecule has 25 heavy (non-hydrogen) atoms. The summed E-state index contributed by atoms with van der Waals surface area (Å²) in [5.41, 5.74) is 1.29. The van der Waals surface area contributed by atoms with Crippen LogP contribution in [0.5, 0.6) is 0 Å². The average Bonchev–Trinajstić information content (AvgIpc) is 3.00. The Morgan fingerprint density at radius 1 is 1.12 bits per heavy atom. The number of hydrogen-bond donors (Lipinski definition) is 1. The molecule has 128 valence electrons. The molecule has 1 N–H and O–H groups in total. The van der Waals surface area contributed by atoms with Gasteiger partial charge in [0.25, 0.3) is 11.9 Å². The molecular weight excluding hydrogens is 429 g/mol. The summed E-state index contributed by atoms with van der Waals surface area (Å²) in [5.74, 6) is 0.763. The molecule has 0 atom stereocenters. The number of carbonyl (C=O) groups is 1. The third-order valence-electron chi connectivity index (χ3n) is 3.58. The molecule has 3 rings (SSSR count). The summed E-state index contributed by atoms with van der Waals surface area (Å²) in [6.45, 7) is 6.20. The van der Waals surface area contributed by atoms with E-state index in [1.165, 1.54) is 0 Å². The highest BCUT2D eigenvalue weighted by atomic mass is 127. The summed E-state index contributed by atoms with van der Waals surface area (Å²) in [4.78, 5) is 21.2. The van der Waals surface area contributed by atoms with Gasteiger partial charge in [-0.25, -0.2) is 9.97 Å². The van der Waals surface area contributed by atoms with E-state index < -0.39 is 0 Å². The highest BCUT2D eigenvalue weighted by Crippen LogP contribution is 2.26. The average molecular weight is 447 g/mol. The minimum Gasteiger partial charge on any atom is -0.306 e. The molecule has 0 spiro atoms. The third-order valence-corrected chi connectivity index (χ3v) is 4.52. The number of rotatable bonds is 3. The van der Waals surface area contributed by atoms with Gasteiger partial charge in [-0.05, 0) is 40.8 Å². The molecule has 0 bridgehead atoms. The van der Waals surface area contributed by atoms with Crippen LogP contribution in [0, 0.1) is 3.57 Å². The lowest BCUT2D eigenvalue weighted by Crippen LogP contribution is -2.17.